The Balaban J connectivity index is 1.40. The van der Waals surface area contributed by atoms with Crippen LogP contribution < -0.4 is 4.90 Å². The number of aromatic nitrogens is 5. The van der Waals surface area contributed by atoms with E-state index in [1.54, 1.807) is 0 Å². The highest BCUT2D eigenvalue weighted by Crippen LogP contribution is 2.28. The summed E-state index contributed by atoms with van der Waals surface area (Å²) in [4.78, 5) is 23.6. The highest BCUT2D eigenvalue weighted by Gasteiger charge is 2.22. The minimum absolute atomic E-state index is 0.108. The van der Waals surface area contributed by atoms with Crippen LogP contribution >= 0.6 is 0 Å². The molecule has 4 heterocycles. The first-order valence-electron chi connectivity index (χ1n) is 12.4. The molecule has 4 aromatic rings. The number of anilines is 1. The standard InChI is InChI=1S/C28H35N7/c1-20-8-9-23(28(2,3)4)15-22(20)16-24-25-26(30-19-33(25)5)32-27(31-24)35-13-11-34(12-14-35)18-21-7-6-10-29-17-21/h6-10,15,17,19H,11-14,16,18H2,1-5H3. The maximum atomic E-state index is 5.12. The van der Waals surface area contributed by atoms with Gasteiger partial charge in [-0.1, -0.05) is 45.0 Å². The van der Waals surface area contributed by atoms with Crippen LogP contribution in [-0.2, 0) is 25.4 Å². The van der Waals surface area contributed by atoms with E-state index < -0.39 is 0 Å². The van der Waals surface area contributed by atoms with Gasteiger partial charge in [0.15, 0.2) is 5.65 Å². The molecule has 0 spiro atoms. The fourth-order valence-corrected chi connectivity index (χ4v) is 4.76. The van der Waals surface area contributed by atoms with E-state index in [1.807, 2.05) is 36.4 Å². The fraction of sp³-hybridized carbons (Fsp3) is 0.429. The first kappa shape index (κ1) is 23.4. The van der Waals surface area contributed by atoms with Gasteiger partial charge >= 0.3 is 0 Å². The van der Waals surface area contributed by atoms with Crippen molar-refractivity contribution in [3.63, 3.8) is 0 Å². The topological polar surface area (TPSA) is 63.0 Å². The highest BCUT2D eigenvalue weighted by atomic mass is 15.3. The molecule has 0 N–H and O–H groups in total. The lowest BCUT2D eigenvalue weighted by Crippen LogP contribution is -2.46. The molecular weight excluding hydrogens is 434 g/mol. The van der Waals surface area contributed by atoms with E-state index in [0.29, 0.717) is 0 Å². The lowest BCUT2D eigenvalue weighted by atomic mass is 9.84. The SMILES string of the molecule is Cc1ccc(C(C)(C)C)cc1Cc1nc(N2CCN(Cc3cccnc3)CC2)nc2ncn(C)c12. The first-order valence-corrected chi connectivity index (χ1v) is 12.4. The van der Waals surface area contributed by atoms with Gasteiger partial charge in [-0.15, -0.1) is 0 Å². The number of hydrogen-bond acceptors (Lipinski definition) is 6. The summed E-state index contributed by atoms with van der Waals surface area (Å²) in [6.45, 7) is 13.6. The molecule has 3 aromatic heterocycles. The summed E-state index contributed by atoms with van der Waals surface area (Å²) in [6.07, 6.45) is 6.39. The normalized spacial score (nSPS) is 15.2. The van der Waals surface area contributed by atoms with E-state index in [2.05, 4.69) is 71.7 Å². The van der Waals surface area contributed by atoms with Crippen molar-refractivity contribution >= 4 is 17.1 Å². The quantitative estimate of drug-likeness (QED) is 0.435. The Labute approximate surface area is 207 Å². The van der Waals surface area contributed by atoms with Gasteiger partial charge in [0, 0.05) is 58.6 Å². The Morgan fingerprint density at radius 2 is 1.80 bits per heavy atom. The van der Waals surface area contributed by atoms with Gasteiger partial charge in [-0.3, -0.25) is 9.88 Å². The molecule has 1 saturated heterocycles. The van der Waals surface area contributed by atoms with Crippen LogP contribution in [0.2, 0.25) is 0 Å². The fourth-order valence-electron chi connectivity index (χ4n) is 4.76. The zero-order valence-corrected chi connectivity index (χ0v) is 21.5. The molecule has 5 rings (SSSR count). The smallest absolute Gasteiger partial charge is 0.227 e. The van der Waals surface area contributed by atoms with Crippen LogP contribution in [0.4, 0.5) is 5.95 Å². The third kappa shape index (κ3) is 5.05. The third-order valence-corrected chi connectivity index (χ3v) is 6.99. The van der Waals surface area contributed by atoms with Gasteiger partial charge in [0.05, 0.1) is 12.0 Å². The average molecular weight is 470 g/mol. The predicted octanol–water partition coefficient (Wildman–Crippen LogP) is 4.28. The second kappa shape index (κ2) is 9.38. The van der Waals surface area contributed by atoms with Crippen LogP contribution in [0, 0.1) is 6.92 Å². The molecule has 1 aromatic carbocycles. The number of nitrogens with zero attached hydrogens (tertiary/aromatic N) is 7. The number of benzene rings is 1. The van der Waals surface area contributed by atoms with Crippen LogP contribution in [0.1, 0.15) is 48.7 Å². The van der Waals surface area contributed by atoms with Crippen molar-refractivity contribution in [2.24, 2.45) is 7.05 Å². The summed E-state index contributed by atoms with van der Waals surface area (Å²) in [7, 11) is 2.03. The Morgan fingerprint density at radius 3 is 2.51 bits per heavy atom. The minimum Gasteiger partial charge on any atom is -0.338 e. The molecule has 0 unspecified atom stereocenters. The number of fused-ring (bicyclic) bond motifs is 1. The summed E-state index contributed by atoms with van der Waals surface area (Å²) in [5, 5.41) is 0. The summed E-state index contributed by atoms with van der Waals surface area (Å²) in [6, 6.07) is 11.0. The molecule has 7 nitrogen and oxygen atoms in total. The molecule has 182 valence electrons. The predicted molar refractivity (Wildman–Crippen MR) is 141 cm³/mol. The summed E-state index contributed by atoms with van der Waals surface area (Å²) in [5.41, 5.74) is 8.14. The molecule has 1 aliphatic rings. The van der Waals surface area contributed by atoms with E-state index in [0.717, 1.165) is 62.0 Å². The zero-order chi connectivity index (χ0) is 24.6. The summed E-state index contributed by atoms with van der Waals surface area (Å²) in [5.74, 6) is 0.789. The summed E-state index contributed by atoms with van der Waals surface area (Å²) >= 11 is 0. The second-order valence-electron chi connectivity index (χ2n) is 10.7. The Bertz CT molecular complexity index is 1310. The van der Waals surface area contributed by atoms with E-state index in [-0.39, 0.29) is 5.41 Å². The van der Waals surface area contributed by atoms with Crippen molar-refractivity contribution in [2.45, 2.75) is 46.1 Å². The number of pyridine rings is 1. The lowest BCUT2D eigenvalue weighted by Gasteiger charge is -2.34. The maximum absolute atomic E-state index is 5.12. The van der Waals surface area contributed by atoms with Crippen LogP contribution in [0.25, 0.3) is 11.2 Å². The van der Waals surface area contributed by atoms with Crippen molar-refractivity contribution < 1.29 is 0 Å². The van der Waals surface area contributed by atoms with Crippen LogP contribution in [0.5, 0.6) is 0 Å². The first-order chi connectivity index (χ1) is 16.8. The van der Waals surface area contributed by atoms with Crippen LogP contribution in [0.3, 0.4) is 0 Å². The van der Waals surface area contributed by atoms with Crippen molar-refractivity contribution in [1.29, 1.82) is 0 Å². The number of aryl methyl sites for hydroxylation is 2. The molecule has 1 fully saturated rings. The van der Waals surface area contributed by atoms with Crippen molar-refractivity contribution in [3.05, 3.63) is 77.0 Å². The second-order valence-corrected chi connectivity index (χ2v) is 10.7. The number of imidazole rings is 1. The number of rotatable bonds is 5. The van der Waals surface area contributed by atoms with Crippen LogP contribution in [0.15, 0.2) is 49.1 Å². The van der Waals surface area contributed by atoms with Gasteiger partial charge in [-0.2, -0.15) is 4.98 Å². The van der Waals surface area contributed by atoms with E-state index >= 15 is 0 Å². The van der Waals surface area contributed by atoms with Crippen molar-refractivity contribution in [1.82, 2.24) is 29.4 Å². The van der Waals surface area contributed by atoms with E-state index in [1.165, 1.54) is 22.3 Å². The molecule has 7 heteroatoms. The van der Waals surface area contributed by atoms with Gasteiger partial charge in [0.2, 0.25) is 5.95 Å². The summed E-state index contributed by atoms with van der Waals surface area (Å²) < 4.78 is 2.04. The number of piperazine rings is 1. The largest absolute Gasteiger partial charge is 0.338 e. The van der Waals surface area contributed by atoms with Gasteiger partial charge in [-0.05, 0) is 40.7 Å². The Kier molecular flexibility index (Phi) is 6.28. The lowest BCUT2D eigenvalue weighted by molar-refractivity contribution is 0.248. The minimum atomic E-state index is 0.108. The molecule has 0 atom stereocenters. The number of hydrogen-bond donors (Lipinski definition) is 0. The molecule has 1 aliphatic heterocycles. The van der Waals surface area contributed by atoms with Gasteiger partial charge < -0.3 is 9.47 Å². The molecule has 0 aliphatic carbocycles. The van der Waals surface area contributed by atoms with Crippen molar-refractivity contribution in [3.8, 4) is 0 Å². The Morgan fingerprint density at radius 1 is 1.00 bits per heavy atom. The molecule has 0 bridgehead atoms. The average Bonchev–Trinajstić information content (AvgIpc) is 3.22. The van der Waals surface area contributed by atoms with Gasteiger partial charge in [-0.25, -0.2) is 9.97 Å². The molecular formula is C28H35N7. The molecule has 0 amide bonds. The van der Waals surface area contributed by atoms with E-state index in [4.69, 9.17) is 9.97 Å². The molecule has 0 radical (unpaired) electrons. The van der Waals surface area contributed by atoms with Gasteiger partial charge in [0.1, 0.15) is 5.52 Å². The maximum Gasteiger partial charge on any atom is 0.227 e. The molecule has 35 heavy (non-hydrogen) atoms. The third-order valence-electron chi connectivity index (χ3n) is 6.99. The van der Waals surface area contributed by atoms with E-state index in [9.17, 15) is 0 Å². The van der Waals surface area contributed by atoms with Crippen molar-refractivity contribution in [2.75, 3.05) is 31.1 Å². The monoisotopic (exact) mass is 469 g/mol. The zero-order valence-electron chi connectivity index (χ0n) is 21.5. The molecule has 0 saturated carbocycles. The van der Waals surface area contributed by atoms with Gasteiger partial charge in [0.25, 0.3) is 0 Å². The highest BCUT2D eigenvalue weighted by molar-refractivity contribution is 5.75. The van der Waals surface area contributed by atoms with Crippen LogP contribution in [-0.4, -0.2) is 55.6 Å². The Hall–Kier alpha value is -3.32.